The molecule has 22 heavy (non-hydrogen) atoms. The third-order valence-electron chi connectivity index (χ3n) is 3.49. The van der Waals surface area contributed by atoms with Crippen molar-refractivity contribution < 1.29 is 9.90 Å². The number of nitrogens with zero attached hydrogens (tertiary/aromatic N) is 1. The maximum Gasteiger partial charge on any atom is 0.336 e. The second kappa shape index (κ2) is 5.66. The fourth-order valence-corrected chi connectivity index (χ4v) is 2.56. The lowest BCUT2D eigenvalue weighted by atomic mass is 10.0. The number of hydrogen-bond acceptors (Lipinski definition) is 3. The molecule has 0 saturated carbocycles. The normalized spacial score (nSPS) is 10.6. The zero-order valence-electron chi connectivity index (χ0n) is 11.8. The first-order chi connectivity index (χ1) is 10.6. The van der Waals surface area contributed by atoms with Crippen LogP contribution in [-0.2, 0) is 0 Å². The molecule has 0 aliphatic heterocycles. The number of nitrogens with one attached hydrogen (secondary N) is 1. The second-order valence-electron chi connectivity index (χ2n) is 4.82. The summed E-state index contributed by atoms with van der Waals surface area (Å²) in [7, 11) is 1.84. The van der Waals surface area contributed by atoms with Gasteiger partial charge in [0.25, 0.3) is 0 Å². The van der Waals surface area contributed by atoms with Crippen molar-refractivity contribution in [3.05, 3.63) is 59.1 Å². The summed E-state index contributed by atoms with van der Waals surface area (Å²) in [6, 6.07) is 14.3. The highest BCUT2D eigenvalue weighted by Gasteiger charge is 2.14. The first-order valence-electron chi connectivity index (χ1n) is 6.71. The number of pyridine rings is 1. The Morgan fingerprint density at radius 2 is 1.91 bits per heavy atom. The molecule has 0 unspecified atom stereocenters. The molecule has 0 atom stereocenters. The highest BCUT2D eigenvalue weighted by atomic mass is 35.5. The minimum atomic E-state index is -0.997. The highest BCUT2D eigenvalue weighted by molar-refractivity contribution is 6.35. The minimum Gasteiger partial charge on any atom is -0.478 e. The predicted molar refractivity (Wildman–Crippen MR) is 88.7 cm³/mol. The number of benzene rings is 2. The molecule has 0 amide bonds. The van der Waals surface area contributed by atoms with E-state index in [2.05, 4.69) is 10.3 Å². The first-order valence-corrected chi connectivity index (χ1v) is 7.08. The van der Waals surface area contributed by atoms with E-state index in [1.807, 2.05) is 31.3 Å². The van der Waals surface area contributed by atoms with Gasteiger partial charge in [-0.05, 0) is 24.3 Å². The van der Waals surface area contributed by atoms with Gasteiger partial charge in [-0.25, -0.2) is 9.78 Å². The third kappa shape index (κ3) is 2.49. The van der Waals surface area contributed by atoms with Crippen LogP contribution < -0.4 is 5.32 Å². The Labute approximate surface area is 132 Å². The van der Waals surface area contributed by atoms with Gasteiger partial charge < -0.3 is 10.4 Å². The summed E-state index contributed by atoms with van der Waals surface area (Å²) < 4.78 is 0. The molecule has 0 fully saturated rings. The molecule has 1 heterocycles. The number of halogens is 1. The van der Waals surface area contributed by atoms with Crippen LogP contribution in [0.5, 0.6) is 0 Å². The van der Waals surface area contributed by atoms with Crippen LogP contribution in [0.15, 0.2) is 48.5 Å². The number of rotatable bonds is 3. The summed E-state index contributed by atoms with van der Waals surface area (Å²) in [5.41, 5.74) is 3.09. The van der Waals surface area contributed by atoms with Gasteiger partial charge in [-0.3, -0.25) is 0 Å². The highest BCUT2D eigenvalue weighted by Crippen LogP contribution is 2.29. The first kappa shape index (κ1) is 14.4. The lowest BCUT2D eigenvalue weighted by Crippen LogP contribution is -2.00. The van der Waals surface area contributed by atoms with E-state index in [-0.39, 0.29) is 5.56 Å². The molecule has 3 rings (SSSR count). The predicted octanol–water partition coefficient (Wildman–Crippen LogP) is 4.30. The van der Waals surface area contributed by atoms with E-state index in [0.717, 1.165) is 11.3 Å². The number of hydrogen-bond donors (Lipinski definition) is 2. The maximum atomic E-state index is 11.5. The Morgan fingerprint density at radius 1 is 1.18 bits per heavy atom. The van der Waals surface area contributed by atoms with Gasteiger partial charge in [-0.1, -0.05) is 35.9 Å². The molecule has 0 spiro atoms. The summed E-state index contributed by atoms with van der Waals surface area (Å²) in [6.07, 6.45) is 0. The van der Waals surface area contributed by atoms with Crippen molar-refractivity contribution in [1.29, 1.82) is 0 Å². The van der Waals surface area contributed by atoms with Gasteiger partial charge in [-0.2, -0.15) is 0 Å². The van der Waals surface area contributed by atoms with E-state index in [1.54, 1.807) is 24.3 Å². The van der Waals surface area contributed by atoms with Crippen molar-refractivity contribution in [1.82, 2.24) is 4.98 Å². The zero-order valence-corrected chi connectivity index (χ0v) is 12.6. The van der Waals surface area contributed by atoms with Gasteiger partial charge in [-0.15, -0.1) is 0 Å². The van der Waals surface area contributed by atoms with Crippen LogP contribution in [0.1, 0.15) is 10.4 Å². The molecule has 0 saturated heterocycles. The van der Waals surface area contributed by atoms with Crippen molar-refractivity contribution in [2.24, 2.45) is 0 Å². The Balaban J connectivity index is 2.25. The largest absolute Gasteiger partial charge is 0.478 e. The molecule has 0 bridgehead atoms. The summed E-state index contributed by atoms with van der Waals surface area (Å²) in [5.74, 6) is -0.997. The number of aromatic carboxylic acids is 1. The maximum absolute atomic E-state index is 11.5. The smallest absolute Gasteiger partial charge is 0.336 e. The number of carboxylic acids is 1. The number of aromatic nitrogens is 1. The van der Waals surface area contributed by atoms with Gasteiger partial charge in [0.15, 0.2) is 0 Å². The van der Waals surface area contributed by atoms with Crippen molar-refractivity contribution >= 4 is 34.2 Å². The monoisotopic (exact) mass is 312 g/mol. The Morgan fingerprint density at radius 3 is 2.55 bits per heavy atom. The lowest BCUT2D eigenvalue weighted by Gasteiger charge is -2.09. The van der Waals surface area contributed by atoms with Gasteiger partial charge in [0, 0.05) is 23.7 Å². The molecule has 0 aliphatic carbocycles. The fourth-order valence-electron chi connectivity index (χ4n) is 2.35. The van der Waals surface area contributed by atoms with Crippen molar-refractivity contribution in [3.63, 3.8) is 0 Å². The SMILES string of the molecule is CNc1ccc(-c2cc(C(=O)O)c3cccc(Cl)c3n2)cc1. The van der Waals surface area contributed by atoms with Gasteiger partial charge >= 0.3 is 5.97 Å². The fraction of sp³-hybridized carbons (Fsp3) is 0.0588. The average molecular weight is 313 g/mol. The van der Waals surface area contributed by atoms with Gasteiger partial charge in [0.05, 0.1) is 21.8 Å². The number of para-hydroxylation sites is 1. The van der Waals surface area contributed by atoms with E-state index in [9.17, 15) is 9.90 Å². The quantitative estimate of drug-likeness (QED) is 0.757. The van der Waals surface area contributed by atoms with E-state index >= 15 is 0 Å². The molecule has 4 nitrogen and oxygen atoms in total. The molecular weight excluding hydrogens is 300 g/mol. The molecule has 1 aromatic heterocycles. The summed E-state index contributed by atoms with van der Waals surface area (Å²) >= 11 is 6.18. The van der Waals surface area contributed by atoms with Crippen molar-refractivity contribution in [2.45, 2.75) is 0 Å². The van der Waals surface area contributed by atoms with E-state index in [0.29, 0.717) is 21.6 Å². The van der Waals surface area contributed by atoms with Crippen molar-refractivity contribution in [3.8, 4) is 11.3 Å². The van der Waals surface area contributed by atoms with Crippen LogP contribution in [0.25, 0.3) is 22.2 Å². The Kier molecular flexibility index (Phi) is 3.69. The standard InChI is InChI=1S/C17H13ClN2O2/c1-19-11-7-5-10(6-8-11)15-9-13(17(21)22)12-3-2-4-14(18)16(12)20-15/h2-9,19H,1H3,(H,21,22). The Bertz CT molecular complexity index is 860. The second-order valence-corrected chi connectivity index (χ2v) is 5.23. The molecule has 0 aliphatic rings. The van der Waals surface area contributed by atoms with Crippen LogP contribution in [0.4, 0.5) is 5.69 Å². The van der Waals surface area contributed by atoms with Gasteiger partial charge in [0.2, 0.25) is 0 Å². The Hall–Kier alpha value is -2.59. The van der Waals surface area contributed by atoms with E-state index < -0.39 is 5.97 Å². The molecule has 2 aromatic carbocycles. The number of carbonyl (C=O) groups is 1. The number of carboxylic acid groups (broad SMARTS) is 1. The van der Waals surface area contributed by atoms with E-state index in [1.165, 1.54) is 0 Å². The van der Waals surface area contributed by atoms with Crippen LogP contribution in [0, 0.1) is 0 Å². The zero-order chi connectivity index (χ0) is 15.7. The van der Waals surface area contributed by atoms with Crippen LogP contribution in [0.3, 0.4) is 0 Å². The summed E-state index contributed by atoms with van der Waals surface area (Å²) in [5, 5.41) is 13.5. The average Bonchev–Trinajstić information content (AvgIpc) is 2.54. The molecule has 5 heteroatoms. The summed E-state index contributed by atoms with van der Waals surface area (Å²) in [6.45, 7) is 0. The molecular formula is C17H13ClN2O2. The summed E-state index contributed by atoms with van der Waals surface area (Å²) in [4.78, 5) is 16.1. The number of fused-ring (bicyclic) bond motifs is 1. The molecule has 110 valence electrons. The lowest BCUT2D eigenvalue weighted by molar-refractivity contribution is 0.0699. The van der Waals surface area contributed by atoms with Crippen LogP contribution in [-0.4, -0.2) is 23.1 Å². The van der Waals surface area contributed by atoms with Crippen LogP contribution >= 0.6 is 11.6 Å². The molecule has 0 radical (unpaired) electrons. The van der Waals surface area contributed by atoms with E-state index in [4.69, 9.17) is 11.6 Å². The van der Waals surface area contributed by atoms with Crippen molar-refractivity contribution in [2.75, 3.05) is 12.4 Å². The minimum absolute atomic E-state index is 0.195. The molecule has 3 aromatic rings. The van der Waals surface area contributed by atoms with Gasteiger partial charge in [0.1, 0.15) is 0 Å². The molecule has 2 N–H and O–H groups in total. The number of anilines is 1. The van der Waals surface area contributed by atoms with Crippen LogP contribution in [0.2, 0.25) is 5.02 Å². The topological polar surface area (TPSA) is 62.2 Å². The third-order valence-corrected chi connectivity index (χ3v) is 3.80.